The maximum Gasteiger partial charge on any atom is 0.264 e. The maximum atomic E-state index is 10.4. The molecule has 0 bridgehead atoms. The number of hydrogen-bond acceptors (Lipinski definition) is 5. The normalized spacial score (nSPS) is 11.8. The van der Waals surface area contributed by atoms with Crippen LogP contribution in [0.3, 0.4) is 0 Å². The molecule has 0 aliphatic carbocycles. The molecule has 0 radical (unpaired) electrons. The van der Waals surface area contributed by atoms with Crippen LogP contribution in [0, 0.1) is 3.95 Å². The second-order valence-corrected chi connectivity index (χ2v) is 5.73. The van der Waals surface area contributed by atoms with Gasteiger partial charge in [0, 0.05) is 6.54 Å². The minimum atomic E-state index is -3.93. The molecular weight excluding hydrogens is 246 g/mol. The van der Waals surface area contributed by atoms with Crippen LogP contribution >= 0.6 is 23.6 Å². The predicted molar refractivity (Wildman–Crippen MR) is 55.8 cm³/mol. The lowest BCUT2D eigenvalue weighted by Crippen LogP contribution is -2.07. The van der Waals surface area contributed by atoms with Crippen molar-refractivity contribution in [3.63, 3.8) is 0 Å². The first-order valence-electron chi connectivity index (χ1n) is 3.72. The minimum absolute atomic E-state index is 0.0235. The van der Waals surface area contributed by atoms with Gasteiger partial charge in [0.2, 0.25) is 5.88 Å². The first-order chi connectivity index (χ1) is 6.40. The summed E-state index contributed by atoms with van der Waals surface area (Å²) in [5.74, 6) is -0.306. The molecule has 0 saturated heterocycles. The molecule has 1 rings (SSSR count). The zero-order valence-electron chi connectivity index (χ0n) is 7.08. The molecule has 0 aliphatic heterocycles. The van der Waals surface area contributed by atoms with E-state index >= 15 is 0 Å². The van der Waals surface area contributed by atoms with Crippen molar-refractivity contribution in [3.05, 3.63) is 9.33 Å². The Balaban J connectivity index is 2.59. The third kappa shape index (κ3) is 3.37. The van der Waals surface area contributed by atoms with Crippen LogP contribution in [-0.4, -0.2) is 28.4 Å². The molecule has 1 aromatic rings. The Kier molecular flexibility index (Phi) is 3.65. The van der Waals surface area contributed by atoms with E-state index in [1.807, 2.05) is 0 Å². The number of hydrogen-bond donors (Lipinski definition) is 2. The largest absolute Gasteiger partial charge is 0.494 e. The second-order valence-electron chi connectivity index (χ2n) is 2.65. The van der Waals surface area contributed by atoms with E-state index < -0.39 is 10.1 Å². The highest BCUT2D eigenvalue weighted by atomic mass is 32.2. The van der Waals surface area contributed by atoms with Crippen molar-refractivity contribution in [2.24, 2.45) is 0 Å². The van der Waals surface area contributed by atoms with Crippen molar-refractivity contribution in [2.75, 3.05) is 5.75 Å². The Morgan fingerprint density at radius 1 is 1.57 bits per heavy atom. The molecule has 0 fully saturated rings. The molecule has 2 N–H and O–H groups in total. The Morgan fingerprint density at radius 2 is 2.21 bits per heavy atom. The van der Waals surface area contributed by atoms with Gasteiger partial charge in [0.15, 0.2) is 3.95 Å². The van der Waals surface area contributed by atoms with Gasteiger partial charge < -0.3 is 5.11 Å². The third-order valence-corrected chi connectivity index (χ3v) is 3.61. The molecule has 0 atom stereocenters. The lowest BCUT2D eigenvalue weighted by molar-refractivity contribution is 0.412. The molecule has 0 unspecified atom stereocenters. The SMILES string of the molecule is O=S(=O)(O)CCCn1c(O)csc1=S. The van der Waals surface area contributed by atoms with Crippen LogP contribution in [0.25, 0.3) is 0 Å². The van der Waals surface area contributed by atoms with Crippen molar-refractivity contribution in [1.29, 1.82) is 0 Å². The van der Waals surface area contributed by atoms with Crippen LogP contribution in [0.4, 0.5) is 0 Å². The van der Waals surface area contributed by atoms with E-state index in [0.29, 0.717) is 3.95 Å². The van der Waals surface area contributed by atoms with Gasteiger partial charge in [0.25, 0.3) is 10.1 Å². The van der Waals surface area contributed by atoms with Gasteiger partial charge in [-0.15, -0.1) is 11.3 Å². The third-order valence-electron chi connectivity index (χ3n) is 1.55. The molecule has 0 spiro atoms. The number of aromatic nitrogens is 1. The smallest absolute Gasteiger partial charge is 0.264 e. The summed E-state index contributed by atoms with van der Waals surface area (Å²) >= 11 is 6.09. The standard InChI is InChI=1S/C6H9NO4S3/c8-5-4-13-6(12)7(5)2-1-3-14(9,10)11/h4,8H,1-3H2,(H,9,10,11). The Hall–Kier alpha value is -0.440. The fourth-order valence-corrected chi connectivity index (χ4v) is 2.40. The molecule has 1 heterocycles. The summed E-state index contributed by atoms with van der Waals surface area (Å²) in [7, 11) is -3.93. The maximum absolute atomic E-state index is 10.4. The van der Waals surface area contributed by atoms with E-state index in [4.69, 9.17) is 16.8 Å². The van der Waals surface area contributed by atoms with E-state index in [2.05, 4.69) is 0 Å². The molecule has 14 heavy (non-hydrogen) atoms. The predicted octanol–water partition coefficient (Wildman–Crippen LogP) is 1.26. The Labute approximate surface area is 90.4 Å². The van der Waals surface area contributed by atoms with Crippen LogP contribution in [0.2, 0.25) is 0 Å². The van der Waals surface area contributed by atoms with Crippen LogP contribution in [0.5, 0.6) is 5.88 Å². The molecule has 80 valence electrons. The van der Waals surface area contributed by atoms with Crippen molar-refractivity contribution in [2.45, 2.75) is 13.0 Å². The Morgan fingerprint density at radius 3 is 2.64 bits per heavy atom. The van der Waals surface area contributed by atoms with Gasteiger partial charge in [-0.1, -0.05) is 0 Å². The average molecular weight is 255 g/mol. The van der Waals surface area contributed by atoms with Crippen LogP contribution in [0.15, 0.2) is 5.38 Å². The summed E-state index contributed by atoms with van der Waals surface area (Å²) < 4.78 is 31.1. The topological polar surface area (TPSA) is 79.5 Å². The molecule has 8 heteroatoms. The molecule has 0 aromatic carbocycles. The quantitative estimate of drug-likeness (QED) is 0.625. The van der Waals surface area contributed by atoms with Gasteiger partial charge in [-0.3, -0.25) is 9.12 Å². The van der Waals surface area contributed by atoms with Gasteiger partial charge in [0.05, 0.1) is 11.1 Å². The number of rotatable bonds is 4. The molecule has 0 amide bonds. The van der Waals surface area contributed by atoms with E-state index in [0.717, 1.165) is 0 Å². The van der Waals surface area contributed by atoms with Crippen LogP contribution < -0.4 is 0 Å². The lowest BCUT2D eigenvalue weighted by atomic mass is 10.5. The van der Waals surface area contributed by atoms with Crippen molar-refractivity contribution >= 4 is 33.7 Å². The number of aromatic hydroxyl groups is 1. The minimum Gasteiger partial charge on any atom is -0.494 e. The van der Waals surface area contributed by atoms with E-state index in [1.165, 1.54) is 21.3 Å². The van der Waals surface area contributed by atoms with Gasteiger partial charge in [-0.25, -0.2) is 0 Å². The number of nitrogens with zero attached hydrogens (tertiary/aromatic N) is 1. The summed E-state index contributed by atoms with van der Waals surface area (Å²) in [6.45, 7) is 0.286. The monoisotopic (exact) mass is 255 g/mol. The molecule has 5 nitrogen and oxygen atoms in total. The van der Waals surface area contributed by atoms with E-state index in [1.54, 1.807) is 0 Å². The molecule has 0 aliphatic rings. The van der Waals surface area contributed by atoms with Crippen molar-refractivity contribution < 1.29 is 18.1 Å². The average Bonchev–Trinajstić information content (AvgIpc) is 2.33. The first kappa shape index (κ1) is 11.6. The number of thiazole rings is 1. The molecular formula is C6H9NO4S3. The summed E-state index contributed by atoms with van der Waals surface area (Å²) in [6.07, 6.45) is 0.220. The second kappa shape index (κ2) is 4.39. The zero-order chi connectivity index (χ0) is 10.8. The van der Waals surface area contributed by atoms with Gasteiger partial charge in [-0.2, -0.15) is 8.42 Å². The summed E-state index contributed by atoms with van der Waals surface area (Å²) in [4.78, 5) is 0. The fraction of sp³-hybridized carbons (Fsp3) is 0.500. The van der Waals surface area contributed by atoms with Crippen molar-refractivity contribution in [1.82, 2.24) is 4.57 Å². The van der Waals surface area contributed by atoms with Crippen molar-refractivity contribution in [3.8, 4) is 5.88 Å². The highest BCUT2D eigenvalue weighted by Crippen LogP contribution is 2.17. The summed E-state index contributed by atoms with van der Waals surface area (Å²) in [5.41, 5.74) is 0. The fourth-order valence-electron chi connectivity index (χ4n) is 0.935. The highest BCUT2D eigenvalue weighted by molar-refractivity contribution is 7.85. The van der Waals surface area contributed by atoms with E-state index in [-0.39, 0.29) is 24.6 Å². The Bertz CT molecular complexity index is 458. The van der Waals surface area contributed by atoms with Gasteiger partial charge in [0.1, 0.15) is 0 Å². The summed E-state index contributed by atoms with van der Waals surface area (Å²) in [5, 5.41) is 10.7. The van der Waals surface area contributed by atoms with Gasteiger partial charge >= 0.3 is 0 Å². The van der Waals surface area contributed by atoms with Crippen LogP contribution in [-0.2, 0) is 16.7 Å². The lowest BCUT2D eigenvalue weighted by Gasteiger charge is -2.02. The van der Waals surface area contributed by atoms with Crippen LogP contribution in [0.1, 0.15) is 6.42 Å². The first-order valence-corrected chi connectivity index (χ1v) is 6.62. The molecule has 1 aromatic heterocycles. The zero-order valence-corrected chi connectivity index (χ0v) is 9.53. The summed E-state index contributed by atoms with van der Waals surface area (Å²) in [6, 6.07) is 0. The molecule has 0 saturated carbocycles. The van der Waals surface area contributed by atoms with Gasteiger partial charge in [-0.05, 0) is 18.6 Å². The van der Waals surface area contributed by atoms with E-state index in [9.17, 15) is 13.5 Å². The highest BCUT2D eigenvalue weighted by Gasteiger charge is 2.06.